The minimum absolute atomic E-state index is 0.0983. The van der Waals surface area contributed by atoms with Crippen molar-refractivity contribution in [3.8, 4) is 11.4 Å². The number of H-pyrrole nitrogens is 1. The van der Waals surface area contributed by atoms with E-state index in [-0.39, 0.29) is 30.0 Å². The molecule has 0 bridgehead atoms. The van der Waals surface area contributed by atoms with Crippen LogP contribution in [0.4, 0.5) is 11.4 Å². The van der Waals surface area contributed by atoms with Gasteiger partial charge in [-0.2, -0.15) is 0 Å². The highest BCUT2D eigenvalue weighted by atomic mass is 32.2. The Morgan fingerprint density at radius 2 is 2.04 bits per heavy atom. The maximum atomic E-state index is 13.0. The molecule has 0 unspecified atom stereocenters. The average Bonchev–Trinajstić information content (AvgIpc) is 3.12. The van der Waals surface area contributed by atoms with Crippen molar-refractivity contribution in [2.75, 3.05) is 16.0 Å². The van der Waals surface area contributed by atoms with Crippen LogP contribution in [-0.4, -0.2) is 43.8 Å². The van der Waals surface area contributed by atoms with Gasteiger partial charge in [0.1, 0.15) is 0 Å². The van der Waals surface area contributed by atoms with Crippen LogP contribution in [0.2, 0.25) is 0 Å². The first-order valence-electron chi connectivity index (χ1n) is 8.78. The summed E-state index contributed by atoms with van der Waals surface area (Å²) in [5.41, 5.74) is 2.23. The maximum Gasteiger partial charge on any atom is 0.237 e. The third-order valence-corrected chi connectivity index (χ3v) is 5.20. The normalized spacial score (nSPS) is 16.2. The second-order valence-electron chi connectivity index (χ2n) is 6.37. The molecule has 0 saturated heterocycles. The first-order chi connectivity index (χ1) is 13.6. The number of nitrogens with zero attached hydrogens (tertiary/aromatic N) is 4. The van der Waals surface area contributed by atoms with Gasteiger partial charge in [0.15, 0.2) is 5.82 Å². The van der Waals surface area contributed by atoms with Crippen LogP contribution >= 0.6 is 11.8 Å². The van der Waals surface area contributed by atoms with Crippen LogP contribution in [0.3, 0.4) is 0 Å². The van der Waals surface area contributed by atoms with E-state index in [1.165, 1.54) is 11.8 Å². The molecule has 9 heteroatoms. The number of fused-ring (bicyclic) bond motifs is 1. The summed E-state index contributed by atoms with van der Waals surface area (Å²) < 4.78 is 0. The number of hydrogen-bond acceptors (Lipinski definition) is 6. The van der Waals surface area contributed by atoms with Crippen molar-refractivity contribution >= 4 is 35.0 Å². The predicted molar refractivity (Wildman–Crippen MR) is 107 cm³/mol. The van der Waals surface area contributed by atoms with Crippen LogP contribution in [0, 0.1) is 0 Å². The molecule has 4 rings (SSSR count). The van der Waals surface area contributed by atoms with Crippen LogP contribution in [0.5, 0.6) is 0 Å². The van der Waals surface area contributed by atoms with Gasteiger partial charge in [-0.05, 0) is 31.2 Å². The van der Waals surface area contributed by atoms with Crippen molar-refractivity contribution in [1.29, 1.82) is 0 Å². The molecule has 3 heterocycles. The second kappa shape index (κ2) is 7.81. The molecule has 1 aromatic carbocycles. The van der Waals surface area contributed by atoms with Gasteiger partial charge in [0.05, 0.1) is 17.1 Å². The Bertz CT molecular complexity index is 1010. The van der Waals surface area contributed by atoms with E-state index in [0.29, 0.717) is 22.4 Å². The zero-order chi connectivity index (χ0) is 19.5. The quantitative estimate of drug-likeness (QED) is 0.660. The number of amides is 2. The van der Waals surface area contributed by atoms with E-state index in [2.05, 4.69) is 25.5 Å². The van der Waals surface area contributed by atoms with Crippen molar-refractivity contribution in [3.05, 3.63) is 48.8 Å². The van der Waals surface area contributed by atoms with Gasteiger partial charge in [-0.1, -0.05) is 23.9 Å². The molecule has 28 heavy (non-hydrogen) atoms. The summed E-state index contributed by atoms with van der Waals surface area (Å²) in [4.78, 5) is 35.1. The molecule has 0 spiro atoms. The fourth-order valence-corrected chi connectivity index (χ4v) is 3.77. The molecular weight excluding hydrogens is 376 g/mol. The summed E-state index contributed by atoms with van der Waals surface area (Å²) in [5, 5.41) is 10.4. The lowest BCUT2D eigenvalue weighted by molar-refractivity contribution is -0.117. The van der Waals surface area contributed by atoms with Crippen LogP contribution in [0.1, 0.15) is 13.3 Å². The van der Waals surface area contributed by atoms with Gasteiger partial charge in [-0.25, -0.2) is 4.98 Å². The van der Waals surface area contributed by atoms with Crippen LogP contribution in [0.25, 0.3) is 11.4 Å². The van der Waals surface area contributed by atoms with E-state index in [4.69, 9.17) is 0 Å². The fraction of sp³-hybridized carbons (Fsp3) is 0.211. The van der Waals surface area contributed by atoms with Gasteiger partial charge in [-0.15, -0.1) is 5.10 Å². The fourth-order valence-electron chi connectivity index (χ4n) is 3.11. The number of pyridine rings is 1. The third kappa shape index (κ3) is 3.74. The first kappa shape index (κ1) is 18.2. The molecule has 0 fully saturated rings. The van der Waals surface area contributed by atoms with Gasteiger partial charge >= 0.3 is 0 Å². The number of anilines is 2. The van der Waals surface area contributed by atoms with E-state index < -0.39 is 0 Å². The number of rotatable bonds is 4. The Kier molecular flexibility index (Phi) is 5.07. The minimum atomic E-state index is -0.240. The number of benzene rings is 1. The van der Waals surface area contributed by atoms with E-state index in [1.807, 2.05) is 37.3 Å². The average molecular weight is 394 g/mol. The minimum Gasteiger partial charge on any atom is -0.324 e. The SMILES string of the molecule is C[C@H]1CC(=O)Nc2ccccc2N1C(=O)CSc1n[nH]c(-c2ccncc2)n1. The van der Waals surface area contributed by atoms with E-state index in [1.54, 1.807) is 23.4 Å². The molecule has 8 nitrogen and oxygen atoms in total. The Balaban J connectivity index is 1.49. The summed E-state index contributed by atoms with van der Waals surface area (Å²) in [6.07, 6.45) is 3.61. The third-order valence-electron chi connectivity index (χ3n) is 4.37. The summed E-state index contributed by atoms with van der Waals surface area (Å²) in [5.74, 6) is 0.594. The Morgan fingerprint density at radius 3 is 2.86 bits per heavy atom. The summed E-state index contributed by atoms with van der Waals surface area (Å²) >= 11 is 1.26. The van der Waals surface area contributed by atoms with Gasteiger partial charge in [0.25, 0.3) is 0 Å². The number of aromatic amines is 1. The van der Waals surface area contributed by atoms with Gasteiger partial charge in [0.2, 0.25) is 17.0 Å². The van der Waals surface area contributed by atoms with Crippen molar-refractivity contribution in [3.63, 3.8) is 0 Å². The molecule has 2 aromatic heterocycles. The number of aromatic nitrogens is 4. The zero-order valence-electron chi connectivity index (χ0n) is 15.1. The van der Waals surface area contributed by atoms with Gasteiger partial charge in [-0.3, -0.25) is 19.7 Å². The number of para-hydroxylation sites is 2. The van der Waals surface area contributed by atoms with Gasteiger partial charge < -0.3 is 10.2 Å². The van der Waals surface area contributed by atoms with Gasteiger partial charge in [0, 0.05) is 30.4 Å². The molecule has 1 aliphatic rings. The Morgan fingerprint density at radius 1 is 1.25 bits per heavy atom. The molecule has 2 amide bonds. The molecule has 0 aliphatic carbocycles. The number of carbonyl (C=O) groups excluding carboxylic acids is 2. The number of hydrogen-bond donors (Lipinski definition) is 2. The maximum absolute atomic E-state index is 13.0. The van der Waals surface area contributed by atoms with E-state index in [0.717, 1.165) is 5.56 Å². The molecule has 2 N–H and O–H groups in total. The largest absolute Gasteiger partial charge is 0.324 e. The van der Waals surface area contributed by atoms with Crippen LogP contribution in [-0.2, 0) is 9.59 Å². The van der Waals surface area contributed by atoms with Crippen molar-refractivity contribution in [2.45, 2.75) is 24.5 Å². The molecule has 142 valence electrons. The van der Waals surface area contributed by atoms with Crippen molar-refractivity contribution in [2.24, 2.45) is 0 Å². The van der Waals surface area contributed by atoms with Crippen LogP contribution < -0.4 is 10.2 Å². The molecule has 0 saturated carbocycles. The topological polar surface area (TPSA) is 104 Å². The van der Waals surface area contributed by atoms with Crippen molar-refractivity contribution in [1.82, 2.24) is 20.2 Å². The molecule has 1 atom stereocenters. The first-order valence-corrected chi connectivity index (χ1v) is 9.77. The van der Waals surface area contributed by atoms with E-state index in [9.17, 15) is 9.59 Å². The number of carbonyl (C=O) groups is 2. The standard InChI is InChI=1S/C19H18N6O2S/c1-12-10-16(26)21-14-4-2-3-5-15(14)25(12)17(27)11-28-19-22-18(23-24-19)13-6-8-20-9-7-13/h2-9,12H,10-11H2,1H3,(H,21,26)(H,22,23,24)/t12-/m0/s1. The monoisotopic (exact) mass is 394 g/mol. The molecular formula is C19H18N6O2S. The highest BCUT2D eigenvalue weighted by Gasteiger charge is 2.29. The number of nitrogens with one attached hydrogen (secondary N) is 2. The molecule has 1 aliphatic heterocycles. The Hall–Kier alpha value is -3.20. The second-order valence-corrected chi connectivity index (χ2v) is 7.32. The summed E-state index contributed by atoms with van der Waals surface area (Å²) in [6, 6.07) is 10.8. The Labute approximate surface area is 165 Å². The summed E-state index contributed by atoms with van der Waals surface area (Å²) in [6.45, 7) is 1.87. The summed E-state index contributed by atoms with van der Waals surface area (Å²) in [7, 11) is 0. The highest BCUT2D eigenvalue weighted by molar-refractivity contribution is 7.99. The zero-order valence-corrected chi connectivity index (χ0v) is 15.9. The number of thioether (sulfide) groups is 1. The molecule has 0 radical (unpaired) electrons. The lowest BCUT2D eigenvalue weighted by atomic mass is 10.2. The lowest BCUT2D eigenvalue weighted by Crippen LogP contribution is -2.40. The highest BCUT2D eigenvalue weighted by Crippen LogP contribution is 2.32. The lowest BCUT2D eigenvalue weighted by Gasteiger charge is -2.27. The van der Waals surface area contributed by atoms with E-state index >= 15 is 0 Å². The van der Waals surface area contributed by atoms with Crippen molar-refractivity contribution < 1.29 is 9.59 Å². The smallest absolute Gasteiger partial charge is 0.237 e. The van der Waals surface area contributed by atoms with Crippen LogP contribution in [0.15, 0.2) is 53.9 Å². The molecule has 3 aromatic rings. The predicted octanol–water partition coefficient (Wildman–Crippen LogP) is 2.72.